The van der Waals surface area contributed by atoms with Crippen molar-refractivity contribution < 1.29 is 13.6 Å². The van der Waals surface area contributed by atoms with E-state index in [1.54, 1.807) is 17.0 Å². The van der Waals surface area contributed by atoms with Crippen LogP contribution in [-0.4, -0.2) is 29.9 Å². The second kappa shape index (κ2) is 8.59. The maximum atomic E-state index is 13.9. The number of hydrogen-bond acceptors (Lipinski definition) is 4. The van der Waals surface area contributed by atoms with E-state index >= 15 is 0 Å². The van der Waals surface area contributed by atoms with Gasteiger partial charge in [-0.2, -0.15) is 0 Å². The van der Waals surface area contributed by atoms with E-state index in [4.69, 9.17) is 10.7 Å². The number of para-hydroxylation sites is 1. The Morgan fingerprint density at radius 3 is 2.74 bits per heavy atom. The number of fused-ring (bicyclic) bond motifs is 1. The number of amides is 1. The van der Waals surface area contributed by atoms with Gasteiger partial charge in [0.05, 0.1) is 11.1 Å². The highest BCUT2D eigenvalue weighted by atomic mass is 19.3. The maximum Gasteiger partial charge on any atom is 0.259 e. The molecule has 0 aliphatic carbocycles. The molecule has 0 spiro atoms. The molecule has 2 aromatic carbocycles. The largest absolute Gasteiger partial charge is 0.356 e. The topological polar surface area (TPSA) is 71.2 Å². The molecule has 2 heterocycles. The first-order valence-electron chi connectivity index (χ1n) is 10.5. The average molecular weight is 424 g/mol. The van der Waals surface area contributed by atoms with Crippen LogP contribution in [0.3, 0.4) is 0 Å². The third-order valence-corrected chi connectivity index (χ3v) is 5.64. The van der Waals surface area contributed by atoms with Gasteiger partial charge in [-0.15, -0.1) is 0 Å². The molecule has 1 unspecified atom stereocenters. The van der Waals surface area contributed by atoms with E-state index < -0.39 is 5.92 Å². The van der Waals surface area contributed by atoms with Gasteiger partial charge in [0.25, 0.3) is 5.91 Å². The van der Waals surface area contributed by atoms with Gasteiger partial charge in [-0.25, -0.2) is 13.8 Å². The molecule has 5 nitrogen and oxygen atoms in total. The monoisotopic (exact) mass is 424 g/mol. The molecule has 1 fully saturated rings. The normalized spacial score (nSPS) is 17.2. The summed E-state index contributed by atoms with van der Waals surface area (Å²) >= 11 is 0. The predicted molar refractivity (Wildman–Crippen MR) is 120 cm³/mol. The number of pyridine rings is 1. The Morgan fingerprint density at radius 1 is 1.13 bits per heavy atom. The number of anilines is 2. The van der Waals surface area contributed by atoms with E-state index in [9.17, 15) is 13.6 Å². The van der Waals surface area contributed by atoms with Gasteiger partial charge in [-0.3, -0.25) is 4.79 Å². The lowest BCUT2D eigenvalue weighted by atomic mass is 10.1. The zero-order valence-corrected chi connectivity index (χ0v) is 17.4. The molecule has 0 radical (unpaired) electrons. The van der Waals surface area contributed by atoms with Crippen molar-refractivity contribution in [1.82, 2.24) is 4.98 Å². The van der Waals surface area contributed by atoms with Crippen LogP contribution in [0.5, 0.6) is 0 Å². The minimum atomic E-state index is -2.69. The van der Waals surface area contributed by atoms with Crippen LogP contribution in [0.4, 0.5) is 20.3 Å². The summed E-state index contributed by atoms with van der Waals surface area (Å²) < 4.78 is 27.8. The third kappa shape index (κ3) is 4.82. The maximum absolute atomic E-state index is 13.9. The molecule has 0 bridgehead atoms. The van der Waals surface area contributed by atoms with Gasteiger partial charge in [-0.1, -0.05) is 30.3 Å². The summed E-state index contributed by atoms with van der Waals surface area (Å²) in [7, 11) is 0. The van der Waals surface area contributed by atoms with Crippen LogP contribution in [0, 0.1) is 0 Å². The number of benzene rings is 2. The first kappa shape index (κ1) is 21.2. The predicted octanol–water partition coefficient (Wildman–Crippen LogP) is 5.13. The molecule has 4 rings (SSSR count). The molecular formula is C24H26F2N4O. The molecule has 1 aliphatic heterocycles. The number of hydrogen-bond donors (Lipinski definition) is 2. The second-order valence-electron chi connectivity index (χ2n) is 8.12. The van der Waals surface area contributed by atoms with E-state index in [1.165, 1.54) is 0 Å². The second-order valence-corrected chi connectivity index (χ2v) is 8.12. The molecule has 31 heavy (non-hydrogen) atoms. The van der Waals surface area contributed by atoms with E-state index in [0.29, 0.717) is 30.0 Å². The highest BCUT2D eigenvalue weighted by Crippen LogP contribution is 2.32. The number of aromatic nitrogens is 1. The summed E-state index contributed by atoms with van der Waals surface area (Å²) in [4.78, 5) is 19.8. The molecule has 0 saturated carbocycles. The number of nitrogens with two attached hydrogens (primary N) is 1. The van der Waals surface area contributed by atoms with E-state index in [2.05, 4.69) is 5.32 Å². The lowest BCUT2D eigenvalue weighted by Gasteiger charge is -2.24. The van der Waals surface area contributed by atoms with Gasteiger partial charge in [0.15, 0.2) is 0 Å². The Balaban J connectivity index is 1.71. The van der Waals surface area contributed by atoms with Crippen LogP contribution < -0.4 is 16.0 Å². The van der Waals surface area contributed by atoms with E-state index in [1.807, 2.05) is 49.4 Å². The SMILES string of the molecule is CC(N)c1cccc(NC(=O)c2cc3ccccc3nc2N2CCCC(F)(F)CC2)c1. The summed E-state index contributed by atoms with van der Waals surface area (Å²) in [6.45, 7) is 2.46. The third-order valence-electron chi connectivity index (χ3n) is 5.64. The van der Waals surface area contributed by atoms with Crippen molar-refractivity contribution in [2.75, 3.05) is 23.3 Å². The van der Waals surface area contributed by atoms with Crippen molar-refractivity contribution in [3.8, 4) is 0 Å². The first-order chi connectivity index (χ1) is 14.8. The molecule has 3 N–H and O–H groups in total. The summed E-state index contributed by atoms with van der Waals surface area (Å²) in [5.41, 5.74) is 8.58. The molecule has 1 amide bonds. The minimum absolute atomic E-state index is 0.150. The first-order valence-corrected chi connectivity index (χ1v) is 10.5. The summed E-state index contributed by atoms with van der Waals surface area (Å²) in [6.07, 6.45) is -0.0549. The molecular weight excluding hydrogens is 398 g/mol. The van der Waals surface area contributed by atoms with Gasteiger partial charge < -0.3 is 16.0 Å². The zero-order chi connectivity index (χ0) is 22.0. The van der Waals surface area contributed by atoms with Gasteiger partial charge in [-0.05, 0) is 43.2 Å². The van der Waals surface area contributed by atoms with Crippen molar-refractivity contribution in [2.24, 2.45) is 5.73 Å². The Morgan fingerprint density at radius 2 is 1.94 bits per heavy atom. The quantitative estimate of drug-likeness (QED) is 0.609. The number of nitrogens with zero attached hydrogens (tertiary/aromatic N) is 2. The summed E-state index contributed by atoms with van der Waals surface area (Å²) in [5, 5.41) is 3.74. The summed E-state index contributed by atoms with van der Waals surface area (Å²) in [5.74, 6) is -2.57. The lowest BCUT2D eigenvalue weighted by molar-refractivity contribution is -0.0102. The number of rotatable bonds is 4. The number of alkyl halides is 2. The Bertz CT molecular complexity index is 1100. The van der Waals surface area contributed by atoms with Crippen LogP contribution in [-0.2, 0) is 0 Å². The number of halogens is 2. The Hall–Kier alpha value is -3.06. The standard InChI is InChI=1S/C24H26F2N4O/c1-16(27)17-7-4-8-19(14-17)28-23(31)20-15-18-6-2-3-9-21(18)29-22(20)30-12-5-10-24(25,26)11-13-30/h2-4,6-9,14-16H,5,10-13,27H2,1H3,(H,28,31). The fourth-order valence-corrected chi connectivity index (χ4v) is 3.89. The fourth-order valence-electron chi connectivity index (χ4n) is 3.89. The highest BCUT2D eigenvalue weighted by molar-refractivity contribution is 6.09. The van der Waals surface area contributed by atoms with Crippen molar-refractivity contribution in [3.05, 3.63) is 65.7 Å². The van der Waals surface area contributed by atoms with Crippen LogP contribution in [0.25, 0.3) is 10.9 Å². The van der Waals surface area contributed by atoms with Crippen molar-refractivity contribution in [1.29, 1.82) is 0 Å². The molecule has 7 heteroatoms. The van der Waals surface area contributed by atoms with Gasteiger partial charge in [0.2, 0.25) is 5.92 Å². The van der Waals surface area contributed by atoms with Gasteiger partial charge >= 0.3 is 0 Å². The van der Waals surface area contributed by atoms with Gasteiger partial charge in [0.1, 0.15) is 5.82 Å². The lowest BCUT2D eigenvalue weighted by Crippen LogP contribution is -2.29. The minimum Gasteiger partial charge on any atom is -0.356 e. The van der Waals surface area contributed by atoms with Crippen molar-refractivity contribution in [2.45, 2.75) is 38.2 Å². The molecule has 1 aliphatic rings. The van der Waals surface area contributed by atoms with Crippen LogP contribution >= 0.6 is 0 Å². The Labute approximate surface area is 180 Å². The van der Waals surface area contributed by atoms with Crippen molar-refractivity contribution >= 4 is 28.3 Å². The summed E-state index contributed by atoms with van der Waals surface area (Å²) in [6, 6.07) is 16.5. The molecule has 1 atom stereocenters. The fraction of sp³-hybridized carbons (Fsp3) is 0.333. The molecule has 1 aromatic heterocycles. The van der Waals surface area contributed by atoms with Crippen molar-refractivity contribution in [3.63, 3.8) is 0 Å². The number of nitrogens with one attached hydrogen (secondary N) is 1. The highest BCUT2D eigenvalue weighted by Gasteiger charge is 2.33. The smallest absolute Gasteiger partial charge is 0.259 e. The number of carbonyl (C=O) groups is 1. The average Bonchev–Trinajstić information content (AvgIpc) is 2.93. The molecule has 162 valence electrons. The zero-order valence-electron chi connectivity index (χ0n) is 17.4. The van der Waals surface area contributed by atoms with Gasteiger partial charge in [0, 0.05) is 43.0 Å². The van der Waals surface area contributed by atoms with Crippen LogP contribution in [0.2, 0.25) is 0 Å². The number of carbonyl (C=O) groups excluding carboxylic acids is 1. The van der Waals surface area contributed by atoms with E-state index in [0.717, 1.165) is 16.5 Å². The van der Waals surface area contributed by atoms with Crippen LogP contribution in [0.15, 0.2) is 54.6 Å². The van der Waals surface area contributed by atoms with Crippen LogP contribution in [0.1, 0.15) is 48.1 Å². The molecule has 3 aromatic rings. The Kier molecular flexibility index (Phi) is 5.87. The molecule has 1 saturated heterocycles. The van der Waals surface area contributed by atoms with E-state index in [-0.39, 0.29) is 31.3 Å².